The summed E-state index contributed by atoms with van der Waals surface area (Å²) in [6, 6.07) is 19.3. The lowest BCUT2D eigenvalue weighted by molar-refractivity contribution is -0.192. The van der Waals surface area contributed by atoms with Gasteiger partial charge in [0.05, 0.1) is 93.3 Å². The van der Waals surface area contributed by atoms with Crippen molar-refractivity contribution in [3.63, 3.8) is 0 Å². The molecule has 125 heavy (non-hydrogen) atoms. The lowest BCUT2D eigenvalue weighted by Gasteiger charge is -2.36. The number of halogens is 8. The van der Waals surface area contributed by atoms with Gasteiger partial charge in [-0.1, -0.05) is 12.1 Å². The van der Waals surface area contributed by atoms with Gasteiger partial charge in [-0.15, -0.1) is 0 Å². The summed E-state index contributed by atoms with van der Waals surface area (Å²) < 4.78 is 102. The monoisotopic (exact) mass is 1870 g/mol. The predicted octanol–water partition coefficient (Wildman–Crippen LogP) is 4.08. The number of aromatic nitrogens is 2. The summed E-state index contributed by atoms with van der Waals surface area (Å²) in [6.45, 7) is -5.40. The van der Waals surface area contributed by atoms with E-state index in [1.807, 2.05) is 24.3 Å². The summed E-state index contributed by atoms with van der Waals surface area (Å²) in [5, 5.41) is 71.9. The van der Waals surface area contributed by atoms with E-state index in [-0.39, 0.29) is 185 Å². The molecule has 0 radical (unpaired) electrons. The Balaban J connectivity index is 0.00000265. The number of nitrogens with zero attached hydrogens (tertiary/aromatic N) is 14. The van der Waals surface area contributed by atoms with Crippen LogP contribution in [0.1, 0.15) is 90.5 Å². The molecule has 6 heterocycles. The molecular weight excluding hydrogens is 1780 g/mol. The molecule has 4 aliphatic heterocycles. The highest BCUT2D eigenvalue weighted by atomic mass is 127. The number of nitrogens with one attached hydrogen (secondary N) is 2. The van der Waals surface area contributed by atoms with Crippen molar-refractivity contribution in [1.82, 2.24) is 69.6 Å². The minimum absolute atomic E-state index is 0.0195. The molecule has 8 amide bonds. The predicted molar refractivity (Wildman–Crippen MR) is 436 cm³/mol. The number of ether oxygens (including phenoxy) is 2. The van der Waals surface area contributed by atoms with Gasteiger partial charge in [0.25, 0.3) is 23.7 Å². The van der Waals surface area contributed by atoms with Crippen molar-refractivity contribution in [2.24, 2.45) is 0 Å². The Kier molecular flexibility index (Phi) is 37.0. The maximum absolute atomic E-state index is 15.1. The second-order valence-corrected chi connectivity index (χ2v) is 31.3. The van der Waals surface area contributed by atoms with Crippen LogP contribution in [0, 0.1) is 26.2 Å². The number of carboxylic acids is 5. The molecule has 0 spiro atoms. The fourth-order valence-corrected chi connectivity index (χ4v) is 14.9. The van der Waals surface area contributed by atoms with E-state index < -0.39 is 172 Å². The van der Waals surface area contributed by atoms with Gasteiger partial charge in [-0.2, -0.15) is 23.7 Å². The van der Waals surface area contributed by atoms with Gasteiger partial charge in [-0.25, -0.2) is 22.4 Å². The Morgan fingerprint density at radius 2 is 0.840 bits per heavy atom. The summed E-state index contributed by atoms with van der Waals surface area (Å²) in [6.07, 6.45) is -3.65. The van der Waals surface area contributed by atoms with Crippen LogP contribution in [0.5, 0.6) is 11.5 Å². The number of rotatable bonds is 31. The van der Waals surface area contributed by atoms with E-state index >= 15 is 4.79 Å². The van der Waals surface area contributed by atoms with Crippen molar-refractivity contribution in [2.45, 2.75) is 107 Å². The summed E-state index contributed by atoms with van der Waals surface area (Å²) >= 11 is 2.20. The normalized spacial score (nSPS) is 18.1. The molecule has 4 saturated heterocycles. The minimum atomic E-state index is -5.08. The van der Waals surface area contributed by atoms with E-state index in [2.05, 4.69) is 43.2 Å². The first-order valence-corrected chi connectivity index (χ1v) is 41.1. The topological polar surface area (TPSA) is 471 Å². The lowest BCUT2D eigenvalue weighted by Crippen LogP contribution is -2.52. The number of aryl methyl sites for hydroxylation is 1. The number of fused-ring (bicyclic) bond motifs is 2. The number of pyridine rings is 2. The van der Waals surface area contributed by atoms with Crippen LogP contribution in [-0.4, -0.2) is 361 Å². The molecule has 9 rings (SSSR count). The van der Waals surface area contributed by atoms with Gasteiger partial charge in [-0.3, -0.25) is 87.1 Å². The SMILES string of the molecule is N#C[C@@H]1CC(F)(F)CN1C(=O)CNC(=O)c1ccnc2ccc(OCCCC(=O)N3CCN(C(=O)CCCc4ccc(I)cc4)CCN(C(=O)CCCOc4ccc5nccc(C(=O)NCC(=O)N6CC(F)(F)C[C@H]6C#N)c5c4)CCN(C(=O)CCC(C(=O)O)N4CCN(CC(=O)O)CCN(CC(=O)O)CCN(CC(=O)O)CC4)CC3)cc12.O=C(O)C(F)(F)F. The Morgan fingerprint density at radius 1 is 0.488 bits per heavy atom. The number of aliphatic carboxylic acids is 5. The number of hydrogen-bond donors (Lipinski definition) is 7. The van der Waals surface area contributed by atoms with E-state index in [0.717, 1.165) is 18.9 Å². The Labute approximate surface area is 725 Å². The van der Waals surface area contributed by atoms with Crippen LogP contribution in [0.3, 0.4) is 0 Å². The van der Waals surface area contributed by atoms with Crippen molar-refractivity contribution in [1.29, 1.82) is 10.5 Å². The molecule has 44 heteroatoms. The average Bonchev–Trinajstić information content (AvgIpc) is 1.77. The quantitative estimate of drug-likeness (QED) is 0.0187. The molecule has 0 bridgehead atoms. The molecule has 2 aromatic heterocycles. The molecule has 0 saturated carbocycles. The molecule has 4 aliphatic rings. The zero-order valence-corrected chi connectivity index (χ0v) is 70.1. The largest absolute Gasteiger partial charge is 0.494 e. The van der Waals surface area contributed by atoms with Crippen LogP contribution in [0.25, 0.3) is 21.8 Å². The zero-order chi connectivity index (χ0) is 91.3. The van der Waals surface area contributed by atoms with E-state index in [4.69, 9.17) is 19.4 Å². The second kappa shape index (κ2) is 46.8. The first-order chi connectivity index (χ1) is 59.3. The standard InChI is InChI=1S/C79H95F4IN16O18.C2HF3O2/c80-78(81)42-55(44-85)99(51-78)70(105)46-89-75(113)59-18-20-87-63-14-12-57(40-61(59)63)117-38-2-6-67(102)96-32-30-95(66(101)5-1-4-53-8-10-54(84)11-9-53)31-33-97(68(103)7-3-39-118-58-13-15-64-62(41-58)60(19-21-88-64)76(114)90-47-71(106)100-52-79(82,83)43-56(100)45-86)35-37-98(36-34-96)69(104)17-16-65(77(115)116)94-28-26-92(49-73(109)110)24-22-91(48-72(107)108)23-25-93(27-29-94)50-74(111)112;3-2(4,5)1(6)7/h8-15,18-21,40-41,55-56,65H,1-7,16-17,22-39,42-43,46-52H2,(H,89,113)(H,90,114)(H,107,108)(H,109,110)(H,111,112)(H,115,116);(H,6,7)/t55-,56-,65?;/m0./s1. The van der Waals surface area contributed by atoms with Crippen molar-refractivity contribution in [2.75, 3.05) is 164 Å². The van der Waals surface area contributed by atoms with Crippen molar-refractivity contribution >= 4 is 122 Å². The molecule has 5 aromatic rings. The summed E-state index contributed by atoms with van der Waals surface area (Å²) in [7, 11) is 0. The van der Waals surface area contributed by atoms with Crippen molar-refractivity contribution in [3.05, 3.63) is 105 Å². The highest BCUT2D eigenvalue weighted by Gasteiger charge is 2.49. The third-order valence-electron chi connectivity index (χ3n) is 21.1. The van der Waals surface area contributed by atoms with E-state index in [9.17, 15) is 114 Å². The highest BCUT2D eigenvalue weighted by molar-refractivity contribution is 14.1. The number of benzene rings is 3. The van der Waals surface area contributed by atoms with Gasteiger partial charge in [-0.05, 0) is 121 Å². The number of carbonyl (C=O) groups excluding carboxylic acids is 8. The summed E-state index contributed by atoms with van der Waals surface area (Å²) in [5.41, 5.74) is 1.86. The second-order valence-electron chi connectivity index (χ2n) is 30.0. The number of nitriles is 2. The average molecular weight is 1870 g/mol. The van der Waals surface area contributed by atoms with Crippen molar-refractivity contribution in [3.8, 4) is 23.6 Å². The molecule has 3 atom stereocenters. The first-order valence-electron chi connectivity index (χ1n) is 40.0. The van der Waals surface area contributed by atoms with Crippen LogP contribution >= 0.6 is 22.6 Å². The van der Waals surface area contributed by atoms with Crippen molar-refractivity contribution < 1.29 is 128 Å². The Morgan fingerprint density at radius 3 is 1.18 bits per heavy atom. The van der Waals surface area contributed by atoms with Gasteiger partial charge in [0, 0.05) is 170 Å². The maximum Gasteiger partial charge on any atom is 0.490 e. The van der Waals surface area contributed by atoms with Crippen LogP contribution in [-0.2, 0) is 59.2 Å². The molecule has 676 valence electrons. The molecular formula is C81H96F7IN16O20. The maximum atomic E-state index is 15.1. The van der Waals surface area contributed by atoms with E-state index in [0.29, 0.717) is 34.6 Å². The number of carboxylic acid groups (broad SMARTS) is 5. The van der Waals surface area contributed by atoms with Crippen LogP contribution in [0.2, 0.25) is 0 Å². The number of alkyl halides is 7. The van der Waals surface area contributed by atoms with Gasteiger partial charge < -0.3 is 75.0 Å². The van der Waals surface area contributed by atoms with E-state index in [1.54, 1.807) is 46.2 Å². The van der Waals surface area contributed by atoms with Gasteiger partial charge in [0.1, 0.15) is 29.6 Å². The number of hydrogen-bond acceptors (Lipinski definition) is 23. The van der Waals surface area contributed by atoms with Crippen LogP contribution in [0.15, 0.2) is 85.2 Å². The zero-order valence-electron chi connectivity index (χ0n) is 67.9. The van der Waals surface area contributed by atoms with E-state index in [1.165, 1.54) is 66.1 Å². The summed E-state index contributed by atoms with van der Waals surface area (Å²) in [4.78, 5) is 193. The highest BCUT2D eigenvalue weighted by Crippen LogP contribution is 2.34. The number of amides is 8. The van der Waals surface area contributed by atoms with Crippen LogP contribution < -0.4 is 20.1 Å². The fourth-order valence-electron chi connectivity index (χ4n) is 14.5. The molecule has 36 nitrogen and oxygen atoms in total. The molecule has 1 unspecified atom stereocenters. The third-order valence-corrected chi connectivity index (χ3v) is 21.8. The van der Waals surface area contributed by atoms with Gasteiger partial charge >= 0.3 is 36.0 Å². The van der Waals surface area contributed by atoms with Gasteiger partial charge in [0.2, 0.25) is 35.4 Å². The van der Waals surface area contributed by atoms with Gasteiger partial charge in [0.15, 0.2) is 0 Å². The number of likely N-dealkylation sites (tertiary alicyclic amines) is 2. The molecule has 0 aliphatic carbocycles. The fraction of sp³-hybridized carbons (Fsp3) is 0.519. The lowest BCUT2D eigenvalue weighted by atomic mass is 10.1. The molecule has 4 fully saturated rings. The Hall–Kier alpha value is -11.7. The Bertz CT molecular complexity index is 4560. The first kappa shape index (κ1) is 98.7. The number of carbonyl (C=O) groups is 13. The summed E-state index contributed by atoms with van der Waals surface area (Å²) in [5.74, 6) is -18.5. The minimum Gasteiger partial charge on any atom is -0.494 e. The molecule has 7 N–H and O–H groups in total. The van der Waals surface area contributed by atoms with Crippen LogP contribution in [0.4, 0.5) is 30.7 Å². The smallest absolute Gasteiger partial charge is 0.490 e. The molecule has 3 aromatic carbocycles. The third kappa shape index (κ3) is 31.2.